The Morgan fingerprint density at radius 3 is 2.36 bits per heavy atom. The summed E-state index contributed by atoms with van der Waals surface area (Å²) < 4.78 is 0. The molecule has 0 spiro atoms. The number of carbonyl (C=O) groups is 1. The van der Waals surface area contributed by atoms with Gasteiger partial charge < -0.3 is 10.2 Å². The number of likely N-dealkylation sites (N-methyl/N-ethyl adjacent to an activating group) is 1. The van der Waals surface area contributed by atoms with Gasteiger partial charge in [-0.2, -0.15) is 0 Å². The van der Waals surface area contributed by atoms with Crippen LogP contribution in [0.4, 0.5) is 0 Å². The number of hydrogen-bond donors (Lipinski definition) is 1. The van der Waals surface area contributed by atoms with Crippen LogP contribution < -0.4 is 5.32 Å². The van der Waals surface area contributed by atoms with Crippen molar-refractivity contribution in [2.75, 3.05) is 33.2 Å². The molecule has 0 unspecified atom stereocenters. The van der Waals surface area contributed by atoms with Crippen LogP contribution in [0.1, 0.15) is 21.5 Å². The summed E-state index contributed by atoms with van der Waals surface area (Å²) in [5.74, 6) is -0.0849. The standard InChI is InChI=1S/C21H25N3O/c1-23-13-15-24(16-14-23)17-19-7-9-20(10-8-19)21(25)22-12-11-18-5-3-2-4-6-18/h2-12H,13-17H2,1H3,(H,22,25). The van der Waals surface area contributed by atoms with Gasteiger partial charge >= 0.3 is 0 Å². The highest BCUT2D eigenvalue weighted by Crippen LogP contribution is 2.10. The van der Waals surface area contributed by atoms with Crippen molar-refractivity contribution >= 4 is 12.0 Å². The lowest BCUT2D eigenvalue weighted by Gasteiger charge is -2.32. The topological polar surface area (TPSA) is 35.6 Å². The van der Waals surface area contributed by atoms with Crippen LogP contribution in [0.15, 0.2) is 60.8 Å². The predicted molar refractivity (Wildman–Crippen MR) is 102 cm³/mol. The molecule has 1 N–H and O–H groups in total. The summed E-state index contributed by atoms with van der Waals surface area (Å²) in [5.41, 5.74) is 2.99. The van der Waals surface area contributed by atoms with Crippen molar-refractivity contribution < 1.29 is 4.79 Å². The maximum Gasteiger partial charge on any atom is 0.255 e. The zero-order valence-electron chi connectivity index (χ0n) is 14.7. The highest BCUT2D eigenvalue weighted by molar-refractivity contribution is 5.95. The van der Waals surface area contributed by atoms with Crippen LogP contribution in [-0.2, 0) is 6.54 Å². The minimum absolute atomic E-state index is 0.0849. The zero-order chi connectivity index (χ0) is 17.5. The van der Waals surface area contributed by atoms with Gasteiger partial charge in [0.25, 0.3) is 5.91 Å². The summed E-state index contributed by atoms with van der Waals surface area (Å²) in [6, 6.07) is 17.8. The van der Waals surface area contributed by atoms with Crippen LogP contribution in [-0.4, -0.2) is 48.9 Å². The number of carbonyl (C=O) groups excluding carboxylic acids is 1. The van der Waals surface area contributed by atoms with E-state index in [0.29, 0.717) is 5.56 Å². The van der Waals surface area contributed by atoms with Crippen LogP contribution in [0.3, 0.4) is 0 Å². The molecule has 0 aromatic heterocycles. The molecule has 1 aliphatic heterocycles. The van der Waals surface area contributed by atoms with Crippen molar-refractivity contribution in [3.05, 3.63) is 77.5 Å². The second kappa shape index (κ2) is 8.60. The third-order valence-electron chi connectivity index (χ3n) is 4.51. The first kappa shape index (κ1) is 17.4. The lowest BCUT2D eigenvalue weighted by Crippen LogP contribution is -2.43. The molecular formula is C21H25N3O. The number of rotatable bonds is 5. The number of nitrogens with one attached hydrogen (secondary N) is 1. The maximum atomic E-state index is 12.2. The minimum Gasteiger partial charge on any atom is -0.329 e. The summed E-state index contributed by atoms with van der Waals surface area (Å²) >= 11 is 0. The van der Waals surface area contributed by atoms with Gasteiger partial charge in [-0.05, 0) is 36.4 Å². The van der Waals surface area contributed by atoms with Crippen LogP contribution in [0.5, 0.6) is 0 Å². The molecular weight excluding hydrogens is 310 g/mol. The highest BCUT2D eigenvalue weighted by atomic mass is 16.1. The molecule has 1 heterocycles. The number of piperazine rings is 1. The molecule has 3 rings (SSSR count). The van der Waals surface area contributed by atoms with E-state index in [9.17, 15) is 4.79 Å². The second-order valence-corrected chi connectivity index (χ2v) is 6.49. The zero-order valence-corrected chi connectivity index (χ0v) is 14.7. The van der Waals surface area contributed by atoms with Crippen molar-refractivity contribution in [2.24, 2.45) is 0 Å². The van der Waals surface area contributed by atoms with Crippen molar-refractivity contribution in [2.45, 2.75) is 6.54 Å². The molecule has 1 aliphatic rings. The van der Waals surface area contributed by atoms with Gasteiger partial charge in [-0.25, -0.2) is 0 Å². The monoisotopic (exact) mass is 335 g/mol. The van der Waals surface area contributed by atoms with E-state index in [1.54, 1.807) is 6.20 Å². The second-order valence-electron chi connectivity index (χ2n) is 6.49. The molecule has 2 aromatic carbocycles. The fraction of sp³-hybridized carbons (Fsp3) is 0.286. The van der Waals surface area contributed by atoms with Crippen LogP contribution in [0, 0.1) is 0 Å². The first-order chi connectivity index (χ1) is 12.2. The first-order valence-electron chi connectivity index (χ1n) is 8.73. The average Bonchev–Trinajstić information content (AvgIpc) is 2.65. The Balaban J connectivity index is 1.51. The molecule has 0 saturated carbocycles. The van der Waals surface area contributed by atoms with Gasteiger partial charge in [-0.15, -0.1) is 0 Å². The number of benzene rings is 2. The fourth-order valence-corrected chi connectivity index (χ4v) is 2.89. The summed E-state index contributed by atoms with van der Waals surface area (Å²) in [7, 11) is 2.16. The van der Waals surface area contributed by atoms with E-state index in [1.165, 1.54) is 5.56 Å². The van der Waals surface area contributed by atoms with Gasteiger partial charge in [0.2, 0.25) is 0 Å². The van der Waals surface area contributed by atoms with E-state index in [4.69, 9.17) is 0 Å². The lowest BCUT2D eigenvalue weighted by molar-refractivity contribution is 0.0970. The van der Waals surface area contributed by atoms with Gasteiger partial charge in [0.1, 0.15) is 0 Å². The molecule has 2 aromatic rings. The normalized spacial score (nSPS) is 16.2. The average molecular weight is 335 g/mol. The summed E-state index contributed by atoms with van der Waals surface area (Å²) in [4.78, 5) is 17.0. The molecule has 0 radical (unpaired) electrons. The molecule has 1 saturated heterocycles. The van der Waals surface area contributed by atoms with Crippen molar-refractivity contribution in [1.29, 1.82) is 0 Å². The first-order valence-corrected chi connectivity index (χ1v) is 8.73. The molecule has 0 aliphatic carbocycles. The number of amides is 1. The Morgan fingerprint density at radius 2 is 1.68 bits per heavy atom. The highest BCUT2D eigenvalue weighted by Gasteiger charge is 2.14. The van der Waals surface area contributed by atoms with Crippen LogP contribution >= 0.6 is 0 Å². The third-order valence-corrected chi connectivity index (χ3v) is 4.51. The van der Waals surface area contributed by atoms with Crippen LogP contribution in [0.2, 0.25) is 0 Å². The number of nitrogens with zero attached hydrogens (tertiary/aromatic N) is 2. The van der Waals surface area contributed by atoms with Gasteiger partial charge in [-0.3, -0.25) is 9.69 Å². The maximum absolute atomic E-state index is 12.2. The number of hydrogen-bond acceptors (Lipinski definition) is 3. The molecule has 1 fully saturated rings. The SMILES string of the molecule is CN1CCN(Cc2ccc(C(=O)NC=Cc3ccccc3)cc2)CC1. The van der Waals surface area contributed by atoms with E-state index < -0.39 is 0 Å². The van der Waals surface area contributed by atoms with E-state index in [-0.39, 0.29) is 5.91 Å². The summed E-state index contributed by atoms with van der Waals surface area (Å²) in [6.45, 7) is 5.39. The largest absolute Gasteiger partial charge is 0.329 e. The quantitative estimate of drug-likeness (QED) is 0.913. The van der Waals surface area contributed by atoms with Crippen molar-refractivity contribution in [3.8, 4) is 0 Å². The molecule has 130 valence electrons. The fourth-order valence-electron chi connectivity index (χ4n) is 2.89. The van der Waals surface area contributed by atoms with Gasteiger partial charge in [0, 0.05) is 44.5 Å². The molecule has 4 heteroatoms. The van der Waals surface area contributed by atoms with Crippen LogP contribution in [0.25, 0.3) is 6.08 Å². The Kier molecular flexibility index (Phi) is 5.99. The summed E-state index contributed by atoms with van der Waals surface area (Å²) in [5, 5.41) is 2.82. The summed E-state index contributed by atoms with van der Waals surface area (Å²) in [6.07, 6.45) is 3.58. The minimum atomic E-state index is -0.0849. The molecule has 0 bridgehead atoms. The van der Waals surface area contributed by atoms with Gasteiger partial charge in [-0.1, -0.05) is 42.5 Å². The van der Waals surface area contributed by atoms with Gasteiger partial charge in [0.05, 0.1) is 0 Å². The van der Waals surface area contributed by atoms with Crippen molar-refractivity contribution in [3.63, 3.8) is 0 Å². The van der Waals surface area contributed by atoms with Crippen molar-refractivity contribution in [1.82, 2.24) is 15.1 Å². The van der Waals surface area contributed by atoms with E-state index >= 15 is 0 Å². The molecule has 1 amide bonds. The third kappa shape index (κ3) is 5.28. The molecule has 0 atom stereocenters. The van der Waals surface area contributed by atoms with Gasteiger partial charge in [0.15, 0.2) is 0 Å². The Labute approximate surface area is 149 Å². The molecule has 4 nitrogen and oxygen atoms in total. The predicted octanol–water partition coefficient (Wildman–Crippen LogP) is 2.83. The Hall–Kier alpha value is -2.43. The lowest BCUT2D eigenvalue weighted by atomic mass is 10.1. The van der Waals surface area contributed by atoms with E-state index in [1.807, 2.05) is 60.7 Å². The Bertz CT molecular complexity index is 702. The molecule has 25 heavy (non-hydrogen) atoms. The van der Waals surface area contributed by atoms with E-state index in [2.05, 4.69) is 22.2 Å². The van der Waals surface area contributed by atoms with E-state index in [0.717, 1.165) is 38.3 Å². The Morgan fingerprint density at radius 1 is 1.00 bits per heavy atom. The smallest absolute Gasteiger partial charge is 0.255 e.